The Morgan fingerprint density at radius 1 is 1.05 bits per heavy atom. The van der Waals surface area contributed by atoms with E-state index in [1.165, 1.54) is 5.56 Å². The predicted molar refractivity (Wildman–Crippen MR) is 86.7 cm³/mol. The average Bonchev–Trinajstić information content (AvgIpc) is 2.56. The summed E-state index contributed by atoms with van der Waals surface area (Å²) < 4.78 is 0. The van der Waals surface area contributed by atoms with Crippen LogP contribution >= 0.6 is 0 Å². The normalized spacial score (nSPS) is 12.5. The molecule has 21 heavy (non-hydrogen) atoms. The molecule has 0 radical (unpaired) electrons. The fourth-order valence-corrected chi connectivity index (χ4v) is 2.69. The Balaban J connectivity index is 2.09. The van der Waals surface area contributed by atoms with Crippen molar-refractivity contribution in [1.82, 2.24) is 10.4 Å². The molecule has 1 unspecified atom stereocenters. The smallest absolute Gasteiger partial charge is 0.0716 e. The van der Waals surface area contributed by atoms with E-state index in [-0.39, 0.29) is 6.04 Å². The lowest BCUT2D eigenvalue weighted by atomic mass is 9.95. The van der Waals surface area contributed by atoms with Gasteiger partial charge in [-0.1, -0.05) is 49.4 Å². The fraction of sp³-hybridized carbons (Fsp3) is 0.167. The van der Waals surface area contributed by atoms with Gasteiger partial charge in [0.05, 0.1) is 11.6 Å². The molecule has 0 amide bonds. The second-order valence-electron chi connectivity index (χ2n) is 5.11. The van der Waals surface area contributed by atoms with Crippen LogP contribution in [-0.4, -0.2) is 4.98 Å². The van der Waals surface area contributed by atoms with E-state index in [4.69, 9.17) is 5.84 Å². The number of nitrogens with two attached hydrogens (primary N) is 1. The number of hydrogen-bond acceptors (Lipinski definition) is 3. The summed E-state index contributed by atoms with van der Waals surface area (Å²) in [4.78, 5) is 4.41. The van der Waals surface area contributed by atoms with Crippen LogP contribution in [0.1, 0.15) is 29.7 Å². The molecule has 0 aliphatic heterocycles. The van der Waals surface area contributed by atoms with Gasteiger partial charge in [-0.2, -0.15) is 0 Å². The van der Waals surface area contributed by atoms with Gasteiger partial charge >= 0.3 is 0 Å². The molecule has 0 fully saturated rings. The number of hydrazine groups is 1. The highest BCUT2D eigenvalue weighted by atomic mass is 15.2. The first kappa shape index (κ1) is 13.7. The summed E-state index contributed by atoms with van der Waals surface area (Å²) in [6.07, 6.45) is 2.85. The molecule has 3 rings (SSSR count). The Kier molecular flexibility index (Phi) is 3.95. The molecule has 0 aliphatic rings. The van der Waals surface area contributed by atoms with Crippen molar-refractivity contribution in [3.8, 4) is 0 Å². The van der Waals surface area contributed by atoms with Crippen molar-refractivity contribution in [3.63, 3.8) is 0 Å². The maximum atomic E-state index is 5.83. The van der Waals surface area contributed by atoms with Crippen molar-refractivity contribution in [2.45, 2.75) is 19.4 Å². The Morgan fingerprint density at radius 2 is 1.86 bits per heavy atom. The fourth-order valence-electron chi connectivity index (χ4n) is 2.69. The zero-order valence-electron chi connectivity index (χ0n) is 12.1. The molecule has 0 aliphatic carbocycles. The molecular formula is C18H19N3. The summed E-state index contributed by atoms with van der Waals surface area (Å²) in [6, 6.07) is 18.7. The van der Waals surface area contributed by atoms with Gasteiger partial charge < -0.3 is 0 Å². The quantitative estimate of drug-likeness (QED) is 0.568. The highest BCUT2D eigenvalue weighted by molar-refractivity contribution is 5.82. The number of pyridine rings is 1. The molecule has 0 saturated heterocycles. The molecule has 1 atom stereocenters. The first-order valence-corrected chi connectivity index (χ1v) is 7.22. The third kappa shape index (κ3) is 2.66. The van der Waals surface area contributed by atoms with Gasteiger partial charge in [0.15, 0.2) is 0 Å². The molecule has 0 saturated carbocycles. The lowest BCUT2D eigenvalue weighted by Crippen LogP contribution is -2.29. The van der Waals surface area contributed by atoms with Crippen LogP contribution in [0.2, 0.25) is 0 Å². The molecule has 1 heterocycles. The summed E-state index contributed by atoms with van der Waals surface area (Å²) in [6.45, 7) is 2.16. The zero-order chi connectivity index (χ0) is 14.7. The van der Waals surface area contributed by atoms with Crippen LogP contribution in [0.4, 0.5) is 0 Å². The van der Waals surface area contributed by atoms with Gasteiger partial charge in [0.25, 0.3) is 0 Å². The minimum Gasteiger partial charge on any atom is -0.271 e. The van der Waals surface area contributed by atoms with Gasteiger partial charge in [-0.25, -0.2) is 5.43 Å². The van der Waals surface area contributed by atoms with E-state index in [2.05, 4.69) is 53.7 Å². The first-order chi connectivity index (χ1) is 10.3. The summed E-state index contributed by atoms with van der Waals surface area (Å²) in [5.41, 5.74) is 7.55. The zero-order valence-corrected chi connectivity index (χ0v) is 12.1. The molecule has 0 bridgehead atoms. The summed E-state index contributed by atoms with van der Waals surface area (Å²) in [7, 11) is 0. The van der Waals surface area contributed by atoms with Crippen LogP contribution in [0.15, 0.2) is 60.8 Å². The molecule has 3 N–H and O–H groups in total. The van der Waals surface area contributed by atoms with E-state index in [0.717, 1.165) is 28.5 Å². The molecule has 3 heteroatoms. The molecule has 0 spiro atoms. The summed E-state index contributed by atoms with van der Waals surface area (Å²) >= 11 is 0. The van der Waals surface area contributed by atoms with Gasteiger partial charge in [-0.15, -0.1) is 0 Å². The lowest BCUT2D eigenvalue weighted by Gasteiger charge is -2.19. The maximum Gasteiger partial charge on any atom is 0.0716 e. The minimum absolute atomic E-state index is 0.0381. The van der Waals surface area contributed by atoms with Crippen LogP contribution < -0.4 is 11.3 Å². The van der Waals surface area contributed by atoms with E-state index in [1.807, 2.05) is 24.4 Å². The maximum absolute atomic E-state index is 5.83. The molecular weight excluding hydrogens is 258 g/mol. The standard InChI is InChI=1S/C18H19N3/c1-2-13-8-10-14(11-9-13)18(21-19)16-5-3-7-17-15(16)6-4-12-20-17/h3-12,18,21H,2,19H2,1H3. The largest absolute Gasteiger partial charge is 0.271 e. The number of nitrogens with zero attached hydrogens (tertiary/aromatic N) is 1. The SMILES string of the molecule is CCc1ccc(C(NN)c2cccc3ncccc23)cc1. The van der Waals surface area contributed by atoms with Crippen molar-refractivity contribution >= 4 is 10.9 Å². The monoisotopic (exact) mass is 277 g/mol. The van der Waals surface area contributed by atoms with Gasteiger partial charge in [-0.05, 0) is 35.2 Å². The van der Waals surface area contributed by atoms with Crippen molar-refractivity contribution in [1.29, 1.82) is 0 Å². The molecule has 1 aromatic heterocycles. The topological polar surface area (TPSA) is 50.9 Å². The number of aryl methyl sites for hydroxylation is 1. The Hall–Kier alpha value is -2.23. The van der Waals surface area contributed by atoms with Crippen molar-refractivity contribution in [2.75, 3.05) is 0 Å². The van der Waals surface area contributed by atoms with Crippen LogP contribution in [0.25, 0.3) is 10.9 Å². The van der Waals surface area contributed by atoms with Crippen molar-refractivity contribution < 1.29 is 0 Å². The molecule has 2 aromatic carbocycles. The molecule has 3 aromatic rings. The highest BCUT2D eigenvalue weighted by Crippen LogP contribution is 2.27. The summed E-state index contributed by atoms with van der Waals surface area (Å²) in [5.74, 6) is 5.83. The minimum atomic E-state index is -0.0381. The molecule has 3 nitrogen and oxygen atoms in total. The predicted octanol–water partition coefficient (Wildman–Crippen LogP) is 3.35. The van der Waals surface area contributed by atoms with Crippen molar-refractivity contribution in [2.24, 2.45) is 5.84 Å². The Morgan fingerprint density at radius 3 is 2.57 bits per heavy atom. The second-order valence-corrected chi connectivity index (χ2v) is 5.11. The number of aromatic nitrogens is 1. The highest BCUT2D eigenvalue weighted by Gasteiger charge is 2.15. The van der Waals surface area contributed by atoms with E-state index in [1.54, 1.807) is 0 Å². The van der Waals surface area contributed by atoms with E-state index in [9.17, 15) is 0 Å². The van der Waals surface area contributed by atoms with Crippen LogP contribution in [0.5, 0.6) is 0 Å². The third-order valence-corrected chi connectivity index (χ3v) is 3.88. The van der Waals surface area contributed by atoms with Gasteiger partial charge in [0.1, 0.15) is 0 Å². The van der Waals surface area contributed by atoms with Crippen LogP contribution in [0, 0.1) is 0 Å². The second kappa shape index (κ2) is 6.04. The number of benzene rings is 2. The summed E-state index contributed by atoms with van der Waals surface area (Å²) in [5, 5.41) is 1.13. The average molecular weight is 277 g/mol. The van der Waals surface area contributed by atoms with Crippen LogP contribution in [0.3, 0.4) is 0 Å². The Bertz CT molecular complexity index is 730. The van der Waals surface area contributed by atoms with E-state index in [0.29, 0.717) is 0 Å². The number of rotatable bonds is 4. The van der Waals surface area contributed by atoms with Gasteiger partial charge in [-0.3, -0.25) is 10.8 Å². The third-order valence-electron chi connectivity index (χ3n) is 3.88. The number of hydrogen-bond donors (Lipinski definition) is 2. The molecule has 106 valence electrons. The van der Waals surface area contributed by atoms with Crippen molar-refractivity contribution in [3.05, 3.63) is 77.5 Å². The Labute approximate surface area is 124 Å². The van der Waals surface area contributed by atoms with Crippen LogP contribution in [-0.2, 0) is 6.42 Å². The number of nitrogens with one attached hydrogen (secondary N) is 1. The van der Waals surface area contributed by atoms with Gasteiger partial charge in [0, 0.05) is 11.6 Å². The first-order valence-electron chi connectivity index (χ1n) is 7.22. The van der Waals surface area contributed by atoms with Gasteiger partial charge in [0.2, 0.25) is 0 Å². The van der Waals surface area contributed by atoms with E-state index >= 15 is 0 Å². The lowest BCUT2D eigenvalue weighted by molar-refractivity contribution is 0.640. The number of fused-ring (bicyclic) bond motifs is 1. The van der Waals surface area contributed by atoms with E-state index < -0.39 is 0 Å².